The summed E-state index contributed by atoms with van der Waals surface area (Å²) in [6.07, 6.45) is 3.68. The van der Waals surface area contributed by atoms with Gasteiger partial charge in [-0.2, -0.15) is 0 Å². The monoisotopic (exact) mass is 745 g/mol. The molecule has 2 rings (SSSR count). The van der Waals surface area contributed by atoms with Crippen LogP contribution in [0.4, 0.5) is 0 Å². The predicted molar refractivity (Wildman–Crippen MR) is 212 cm³/mol. The normalized spacial score (nSPS) is 12.1. The van der Waals surface area contributed by atoms with Gasteiger partial charge in [-0.25, -0.2) is 4.79 Å². The molecular formula is C41H68N4O8. The standard InChI is InChI=1S/C13H23NO3.C11H14N2O3.C11H15NO2.C4H10.C2H6/c1-5-6-9(2)13(17)14-12(11(4)16)8-7-10(3)15;12-6-9-3-1-2-8(4-9)5-10(11(15)16)13-7-14;1-8(11(13)14)5-9-3-2-4-10(6-9)7-12;1-4(2)3;1-2/h9,12H,5-8H2,1-4H3,(H,14,17);1-4,7,10H,5-6,12H2,(H,13,14)(H,15,16);2-4,6,8H,5,7,12H2,1H3,(H,13,14);4H,1-3H3;1-2H3/t9-,12?;;;;/m0..../s1. The van der Waals surface area contributed by atoms with Crippen molar-refractivity contribution in [2.45, 2.75) is 133 Å². The molecular weight excluding hydrogens is 676 g/mol. The van der Waals surface area contributed by atoms with Crippen molar-refractivity contribution >= 4 is 35.8 Å². The van der Waals surface area contributed by atoms with Crippen LogP contribution in [0.2, 0.25) is 0 Å². The Morgan fingerprint density at radius 1 is 0.717 bits per heavy atom. The minimum atomic E-state index is -1.05. The molecule has 0 aliphatic rings. The highest BCUT2D eigenvalue weighted by molar-refractivity contribution is 5.88. The first-order valence-corrected chi connectivity index (χ1v) is 18.4. The van der Waals surface area contributed by atoms with Gasteiger partial charge in [-0.1, -0.05) is 110 Å². The Morgan fingerprint density at radius 2 is 1.17 bits per heavy atom. The molecule has 0 bridgehead atoms. The molecule has 0 aromatic heterocycles. The van der Waals surface area contributed by atoms with Crippen molar-refractivity contribution in [3.8, 4) is 0 Å². The maximum Gasteiger partial charge on any atom is 0.326 e. The summed E-state index contributed by atoms with van der Waals surface area (Å²) in [6, 6.07) is 13.6. The minimum Gasteiger partial charge on any atom is -0.481 e. The molecule has 0 heterocycles. The molecule has 8 N–H and O–H groups in total. The van der Waals surface area contributed by atoms with E-state index < -0.39 is 24.0 Å². The Kier molecular flexibility index (Phi) is 32.2. The van der Waals surface area contributed by atoms with Crippen molar-refractivity contribution in [3.05, 3.63) is 70.8 Å². The van der Waals surface area contributed by atoms with E-state index in [1.54, 1.807) is 6.92 Å². The van der Waals surface area contributed by atoms with E-state index in [1.807, 2.05) is 76.2 Å². The second-order valence-electron chi connectivity index (χ2n) is 13.2. The van der Waals surface area contributed by atoms with Gasteiger partial charge in [0.25, 0.3) is 0 Å². The first-order chi connectivity index (χ1) is 24.9. The number of carboxylic acids is 2. The van der Waals surface area contributed by atoms with Crippen LogP contribution >= 0.6 is 0 Å². The van der Waals surface area contributed by atoms with Crippen molar-refractivity contribution < 1.29 is 39.0 Å². The Labute approximate surface area is 317 Å². The molecule has 0 aliphatic heterocycles. The van der Waals surface area contributed by atoms with E-state index in [0.717, 1.165) is 41.0 Å². The van der Waals surface area contributed by atoms with E-state index in [-0.39, 0.29) is 35.7 Å². The molecule has 2 aromatic carbocycles. The highest BCUT2D eigenvalue weighted by Crippen LogP contribution is 2.11. The largest absolute Gasteiger partial charge is 0.481 e. The minimum absolute atomic E-state index is 0.0344. The zero-order valence-electron chi connectivity index (χ0n) is 33.7. The maximum absolute atomic E-state index is 11.7. The highest BCUT2D eigenvalue weighted by atomic mass is 16.4. The number of hydrogen-bond donors (Lipinski definition) is 6. The summed E-state index contributed by atoms with van der Waals surface area (Å²) in [5.41, 5.74) is 14.8. The van der Waals surface area contributed by atoms with Crippen LogP contribution in [0.15, 0.2) is 48.5 Å². The third-order valence-corrected chi connectivity index (χ3v) is 7.19. The maximum atomic E-state index is 11.7. The second kappa shape index (κ2) is 32.2. The van der Waals surface area contributed by atoms with Crippen molar-refractivity contribution in [1.29, 1.82) is 0 Å². The number of ketones is 2. The van der Waals surface area contributed by atoms with Crippen LogP contribution in [-0.4, -0.2) is 58.1 Å². The van der Waals surface area contributed by atoms with E-state index in [0.29, 0.717) is 38.8 Å². The zero-order valence-corrected chi connectivity index (χ0v) is 33.7. The number of rotatable bonds is 18. The first-order valence-electron chi connectivity index (χ1n) is 18.4. The van der Waals surface area contributed by atoms with Gasteiger partial charge < -0.3 is 37.1 Å². The van der Waals surface area contributed by atoms with Gasteiger partial charge in [0.15, 0.2) is 5.78 Å². The molecule has 0 spiro atoms. The average molecular weight is 745 g/mol. The Bertz CT molecular complexity index is 1350. The van der Waals surface area contributed by atoms with Crippen LogP contribution in [0, 0.1) is 17.8 Å². The van der Waals surface area contributed by atoms with E-state index in [9.17, 15) is 28.8 Å². The summed E-state index contributed by atoms with van der Waals surface area (Å²) < 4.78 is 0. The van der Waals surface area contributed by atoms with E-state index in [4.69, 9.17) is 21.7 Å². The third-order valence-electron chi connectivity index (χ3n) is 7.19. The molecule has 2 amide bonds. The van der Waals surface area contributed by atoms with E-state index in [1.165, 1.54) is 13.8 Å². The van der Waals surface area contributed by atoms with Crippen molar-refractivity contribution in [2.75, 3.05) is 0 Å². The van der Waals surface area contributed by atoms with Crippen molar-refractivity contribution in [2.24, 2.45) is 29.2 Å². The number of carboxylic acid groups (broad SMARTS) is 2. The van der Waals surface area contributed by atoms with Gasteiger partial charge in [0.1, 0.15) is 11.8 Å². The Morgan fingerprint density at radius 3 is 1.53 bits per heavy atom. The lowest BCUT2D eigenvalue weighted by molar-refractivity contribution is -0.141. The van der Waals surface area contributed by atoms with Gasteiger partial charge >= 0.3 is 11.9 Å². The number of nitrogens with one attached hydrogen (secondary N) is 2. The highest BCUT2D eigenvalue weighted by Gasteiger charge is 2.20. The molecule has 0 fully saturated rings. The molecule has 300 valence electrons. The molecule has 2 aromatic rings. The predicted octanol–water partition coefficient (Wildman–Crippen LogP) is 5.85. The van der Waals surface area contributed by atoms with E-state index in [2.05, 4.69) is 31.4 Å². The molecule has 4 atom stereocenters. The number of hydrogen-bond acceptors (Lipinski definition) is 8. The first kappa shape index (κ1) is 52.9. The van der Waals surface area contributed by atoms with Gasteiger partial charge in [-0.05, 0) is 61.3 Å². The average Bonchev–Trinajstić information content (AvgIpc) is 3.10. The van der Waals surface area contributed by atoms with Crippen molar-refractivity contribution in [1.82, 2.24) is 10.6 Å². The van der Waals surface area contributed by atoms with Crippen LogP contribution in [0.25, 0.3) is 0 Å². The molecule has 0 aliphatic carbocycles. The topological polar surface area (TPSA) is 219 Å². The second-order valence-corrected chi connectivity index (χ2v) is 13.2. The van der Waals surface area contributed by atoms with Gasteiger partial charge in [-0.15, -0.1) is 0 Å². The lowest BCUT2D eigenvalue weighted by Gasteiger charge is -2.18. The quantitative estimate of drug-likeness (QED) is 0.100. The fraction of sp³-hybridized carbons (Fsp3) is 0.561. The van der Waals surface area contributed by atoms with Gasteiger partial charge in [0, 0.05) is 31.8 Å². The summed E-state index contributed by atoms with van der Waals surface area (Å²) in [7, 11) is 0. The number of aliphatic carboxylic acids is 2. The summed E-state index contributed by atoms with van der Waals surface area (Å²) >= 11 is 0. The molecule has 53 heavy (non-hydrogen) atoms. The lowest BCUT2D eigenvalue weighted by atomic mass is 10.00. The van der Waals surface area contributed by atoms with E-state index >= 15 is 0 Å². The molecule has 0 radical (unpaired) electrons. The van der Waals surface area contributed by atoms with Crippen molar-refractivity contribution in [3.63, 3.8) is 0 Å². The number of amides is 2. The molecule has 3 unspecified atom stereocenters. The van der Waals surface area contributed by atoms with Gasteiger partial charge in [-0.3, -0.25) is 19.2 Å². The Balaban J connectivity index is -0.000000658. The lowest BCUT2D eigenvalue weighted by Crippen LogP contribution is -2.42. The van der Waals surface area contributed by atoms with Crippen LogP contribution < -0.4 is 22.1 Å². The number of Topliss-reactive ketones (excluding diaryl/α,β-unsaturated/α-hetero) is 2. The molecule has 0 saturated carbocycles. The number of carbonyl (C=O) groups excluding carboxylic acids is 4. The molecule has 0 saturated heterocycles. The SMILES string of the molecule is CC.CC(C)C.CC(Cc1cccc(CN)c1)C(=O)O.CCC[C@H](C)C(=O)NC(CCC(C)=O)C(C)=O.NCc1cccc(CC(NC=O)C(=O)O)c1. The van der Waals surface area contributed by atoms with Crippen LogP contribution in [0.1, 0.15) is 117 Å². The Hall–Kier alpha value is -4.42. The smallest absolute Gasteiger partial charge is 0.326 e. The fourth-order valence-electron chi connectivity index (χ4n) is 4.35. The number of carbonyl (C=O) groups is 6. The summed E-state index contributed by atoms with van der Waals surface area (Å²) in [5, 5.41) is 22.6. The van der Waals surface area contributed by atoms with Gasteiger partial charge in [0.05, 0.1) is 12.0 Å². The fourth-order valence-corrected chi connectivity index (χ4v) is 4.35. The zero-order chi connectivity index (χ0) is 41.5. The third kappa shape index (κ3) is 28.8. The van der Waals surface area contributed by atoms with Crippen LogP contribution in [-0.2, 0) is 54.7 Å². The summed E-state index contributed by atoms with van der Waals surface area (Å²) in [6.45, 7) is 19.9. The molecule has 12 nitrogen and oxygen atoms in total. The van der Waals surface area contributed by atoms with Gasteiger partial charge in [0.2, 0.25) is 12.3 Å². The summed E-state index contributed by atoms with van der Waals surface area (Å²) in [5.74, 6) is -1.57. The summed E-state index contributed by atoms with van der Waals surface area (Å²) in [4.78, 5) is 65.6. The number of benzene rings is 2. The number of nitrogens with two attached hydrogens (primary N) is 2. The van der Waals surface area contributed by atoms with Crippen LogP contribution in [0.5, 0.6) is 0 Å². The van der Waals surface area contributed by atoms with Crippen LogP contribution in [0.3, 0.4) is 0 Å². The molecule has 12 heteroatoms.